The highest BCUT2D eigenvalue weighted by molar-refractivity contribution is 5.55. The first-order chi connectivity index (χ1) is 7.72. The molecular weight excluding hydrogens is 200 g/mol. The van der Waals surface area contributed by atoms with Gasteiger partial charge in [-0.25, -0.2) is 0 Å². The first kappa shape index (κ1) is 9.28. The van der Waals surface area contributed by atoms with E-state index < -0.39 is 0 Å². The van der Waals surface area contributed by atoms with Crippen molar-refractivity contribution in [3.63, 3.8) is 0 Å². The third-order valence-corrected chi connectivity index (χ3v) is 2.64. The molecule has 2 aromatic rings. The first-order valence-corrected chi connectivity index (χ1v) is 5.29. The molecule has 0 aromatic heterocycles. The average Bonchev–Trinajstić information content (AvgIpc) is 2.26. The third kappa shape index (κ3) is 1.43. The Kier molecular flexibility index (Phi) is 1.90. The molecule has 0 amide bonds. The molecule has 0 aliphatic carbocycles. The third-order valence-electron chi connectivity index (χ3n) is 2.64. The molecule has 1 aliphatic rings. The lowest BCUT2D eigenvalue weighted by Gasteiger charge is -2.21. The maximum absolute atomic E-state index is 5.81. The van der Waals surface area contributed by atoms with Gasteiger partial charge in [0, 0.05) is 0 Å². The predicted octanol–water partition coefficient (Wildman–Crippen LogP) is 4.20. The van der Waals surface area contributed by atoms with Crippen molar-refractivity contribution >= 4 is 0 Å². The van der Waals surface area contributed by atoms with Crippen molar-refractivity contribution in [1.82, 2.24) is 0 Å². The second kappa shape index (κ2) is 3.27. The van der Waals surface area contributed by atoms with E-state index in [0.717, 1.165) is 23.0 Å². The fraction of sp³-hybridized carbons (Fsp3) is 0.143. The average molecular weight is 212 g/mol. The molecule has 2 aromatic carbocycles. The summed E-state index contributed by atoms with van der Waals surface area (Å²) in [6.45, 7) is 4.07. The zero-order valence-electron chi connectivity index (χ0n) is 9.28. The van der Waals surface area contributed by atoms with Crippen molar-refractivity contribution in [3.05, 3.63) is 47.5 Å². The van der Waals surface area contributed by atoms with Crippen molar-refractivity contribution in [1.29, 1.82) is 0 Å². The van der Waals surface area contributed by atoms with Gasteiger partial charge in [-0.3, -0.25) is 0 Å². The zero-order chi connectivity index (χ0) is 11.1. The molecule has 1 heterocycles. The van der Waals surface area contributed by atoms with E-state index in [-0.39, 0.29) is 0 Å². The van der Waals surface area contributed by atoms with E-state index in [9.17, 15) is 0 Å². The molecule has 2 heteroatoms. The number of aryl methyl sites for hydroxylation is 2. The minimum Gasteiger partial charge on any atom is -0.450 e. The van der Waals surface area contributed by atoms with Gasteiger partial charge in [-0.05, 0) is 49.2 Å². The number of hydrogen-bond donors (Lipinski definition) is 0. The van der Waals surface area contributed by atoms with Crippen LogP contribution in [-0.4, -0.2) is 0 Å². The monoisotopic (exact) mass is 212 g/mol. The standard InChI is InChI=1S/C14H12O2/c1-9-3-5-11-13(7-9)16-14-8-10(2)4-6-12(14)15-11/h3-8H,1-2H3. The summed E-state index contributed by atoms with van der Waals surface area (Å²) in [6, 6.07) is 11.9. The number of hydrogen-bond acceptors (Lipinski definition) is 2. The van der Waals surface area contributed by atoms with Crippen LogP contribution in [-0.2, 0) is 0 Å². The van der Waals surface area contributed by atoms with Crippen molar-refractivity contribution in [3.8, 4) is 23.0 Å². The second-order valence-corrected chi connectivity index (χ2v) is 4.10. The van der Waals surface area contributed by atoms with Crippen LogP contribution in [0.25, 0.3) is 0 Å². The Morgan fingerprint density at radius 2 is 1.06 bits per heavy atom. The second-order valence-electron chi connectivity index (χ2n) is 4.10. The molecule has 0 saturated heterocycles. The van der Waals surface area contributed by atoms with Gasteiger partial charge in [-0.1, -0.05) is 12.1 Å². The zero-order valence-corrected chi connectivity index (χ0v) is 9.28. The van der Waals surface area contributed by atoms with Gasteiger partial charge in [0.25, 0.3) is 0 Å². The molecule has 2 nitrogen and oxygen atoms in total. The van der Waals surface area contributed by atoms with Gasteiger partial charge in [-0.2, -0.15) is 0 Å². The van der Waals surface area contributed by atoms with Crippen LogP contribution in [0.1, 0.15) is 11.1 Å². The van der Waals surface area contributed by atoms with Crippen molar-refractivity contribution < 1.29 is 9.47 Å². The molecule has 0 bridgehead atoms. The molecular formula is C14H12O2. The summed E-state index contributed by atoms with van der Waals surface area (Å²) in [5.74, 6) is 3.14. The Balaban J connectivity index is 2.10. The topological polar surface area (TPSA) is 18.5 Å². The molecule has 3 rings (SSSR count). The van der Waals surface area contributed by atoms with E-state index in [2.05, 4.69) is 0 Å². The largest absolute Gasteiger partial charge is 0.450 e. The van der Waals surface area contributed by atoms with Crippen LogP contribution in [0.3, 0.4) is 0 Å². The van der Waals surface area contributed by atoms with Crippen LogP contribution in [0.2, 0.25) is 0 Å². The van der Waals surface area contributed by atoms with Crippen LogP contribution in [0.4, 0.5) is 0 Å². The van der Waals surface area contributed by atoms with Gasteiger partial charge in [0.2, 0.25) is 0 Å². The molecule has 80 valence electrons. The minimum atomic E-state index is 0.780. The van der Waals surface area contributed by atoms with E-state index >= 15 is 0 Å². The normalized spacial score (nSPS) is 12.1. The number of ether oxygens (including phenoxy) is 2. The van der Waals surface area contributed by atoms with E-state index in [0.29, 0.717) is 0 Å². The van der Waals surface area contributed by atoms with Gasteiger partial charge < -0.3 is 9.47 Å². The summed E-state index contributed by atoms with van der Waals surface area (Å²) in [5.41, 5.74) is 2.33. The van der Waals surface area contributed by atoms with E-state index in [1.165, 1.54) is 11.1 Å². The highest BCUT2D eigenvalue weighted by Gasteiger charge is 2.18. The number of rotatable bonds is 0. The van der Waals surface area contributed by atoms with E-state index in [4.69, 9.17) is 9.47 Å². The summed E-state index contributed by atoms with van der Waals surface area (Å²) in [5, 5.41) is 0. The maximum Gasteiger partial charge on any atom is 0.170 e. The minimum absolute atomic E-state index is 0.780. The molecule has 0 atom stereocenters. The lowest BCUT2D eigenvalue weighted by atomic mass is 10.2. The number of fused-ring (bicyclic) bond motifs is 2. The Labute approximate surface area is 94.4 Å². The molecule has 0 spiro atoms. The lowest BCUT2D eigenvalue weighted by molar-refractivity contribution is 0.359. The van der Waals surface area contributed by atoms with Crippen LogP contribution in [0, 0.1) is 13.8 Å². The molecule has 1 aliphatic heterocycles. The molecule has 16 heavy (non-hydrogen) atoms. The molecule has 0 saturated carbocycles. The Hall–Kier alpha value is -1.96. The van der Waals surface area contributed by atoms with Crippen molar-refractivity contribution in [2.45, 2.75) is 13.8 Å². The number of benzene rings is 2. The van der Waals surface area contributed by atoms with Gasteiger partial charge in [0.05, 0.1) is 0 Å². The van der Waals surface area contributed by atoms with Crippen molar-refractivity contribution in [2.75, 3.05) is 0 Å². The quantitative estimate of drug-likeness (QED) is 0.556. The molecule has 0 fully saturated rings. The predicted molar refractivity (Wildman–Crippen MR) is 62.5 cm³/mol. The van der Waals surface area contributed by atoms with E-state index in [1.807, 2.05) is 50.2 Å². The highest BCUT2D eigenvalue weighted by Crippen LogP contribution is 2.45. The van der Waals surface area contributed by atoms with Gasteiger partial charge in [0.15, 0.2) is 23.0 Å². The summed E-state index contributed by atoms with van der Waals surface area (Å²) < 4.78 is 11.6. The fourth-order valence-electron chi connectivity index (χ4n) is 1.80. The van der Waals surface area contributed by atoms with Crippen LogP contribution < -0.4 is 9.47 Å². The highest BCUT2D eigenvalue weighted by atomic mass is 16.6. The maximum atomic E-state index is 5.81. The lowest BCUT2D eigenvalue weighted by Crippen LogP contribution is -1.99. The molecule has 0 N–H and O–H groups in total. The summed E-state index contributed by atoms with van der Waals surface area (Å²) in [7, 11) is 0. The first-order valence-electron chi connectivity index (χ1n) is 5.29. The van der Waals surface area contributed by atoms with Gasteiger partial charge in [-0.15, -0.1) is 0 Å². The van der Waals surface area contributed by atoms with Crippen LogP contribution in [0.5, 0.6) is 23.0 Å². The smallest absolute Gasteiger partial charge is 0.170 e. The van der Waals surface area contributed by atoms with Gasteiger partial charge in [0.1, 0.15) is 0 Å². The van der Waals surface area contributed by atoms with Gasteiger partial charge >= 0.3 is 0 Å². The Morgan fingerprint density at radius 3 is 1.56 bits per heavy atom. The SMILES string of the molecule is Cc1ccc2c(c1)Oc1cc(C)ccc1O2. The van der Waals surface area contributed by atoms with E-state index in [1.54, 1.807) is 0 Å². The van der Waals surface area contributed by atoms with Crippen molar-refractivity contribution in [2.24, 2.45) is 0 Å². The summed E-state index contributed by atoms with van der Waals surface area (Å²) in [6.07, 6.45) is 0. The molecule has 0 unspecified atom stereocenters. The molecule has 0 radical (unpaired) electrons. The van der Waals surface area contributed by atoms with Crippen LogP contribution in [0.15, 0.2) is 36.4 Å². The fourth-order valence-corrected chi connectivity index (χ4v) is 1.80. The Morgan fingerprint density at radius 1 is 0.625 bits per heavy atom. The van der Waals surface area contributed by atoms with Crippen LogP contribution >= 0.6 is 0 Å². The summed E-state index contributed by atoms with van der Waals surface area (Å²) >= 11 is 0. The Bertz CT molecular complexity index is 509. The summed E-state index contributed by atoms with van der Waals surface area (Å²) in [4.78, 5) is 0.